The number of anilines is 1. The minimum Gasteiger partial charge on any atom is -0.351 e. The minimum absolute atomic E-state index is 0.0758. The number of thiocarbonyl (C=S) groups is 1. The Morgan fingerprint density at radius 3 is 2.27 bits per heavy atom. The molecule has 0 amide bonds. The first-order chi connectivity index (χ1) is 19.4. The van der Waals surface area contributed by atoms with Crippen molar-refractivity contribution in [1.82, 2.24) is 29.9 Å². The molecule has 2 atom stereocenters. The Morgan fingerprint density at radius 1 is 0.975 bits per heavy atom. The monoisotopic (exact) mass is 568 g/mol. The molecular weight excluding hydrogens is 544 g/mol. The molecule has 3 aromatic heterocycles. The Bertz CT molecular complexity index is 1670. The predicted molar refractivity (Wildman–Crippen MR) is 156 cm³/mol. The molecule has 0 saturated carbocycles. The highest BCUT2D eigenvalue weighted by molar-refractivity contribution is 7.99. The summed E-state index contributed by atoms with van der Waals surface area (Å²) in [6, 6.07) is 22.5. The zero-order valence-corrected chi connectivity index (χ0v) is 23.2. The van der Waals surface area contributed by atoms with Crippen LogP contribution >= 0.6 is 24.0 Å². The molecule has 1 saturated heterocycles. The molecule has 0 aliphatic carbocycles. The van der Waals surface area contributed by atoms with Gasteiger partial charge in [0.15, 0.2) is 5.11 Å². The lowest BCUT2D eigenvalue weighted by atomic mass is 9.96. The summed E-state index contributed by atoms with van der Waals surface area (Å²) in [6.07, 6.45) is 5.15. The van der Waals surface area contributed by atoms with Crippen molar-refractivity contribution in [3.8, 4) is 0 Å². The number of rotatable bonds is 7. The van der Waals surface area contributed by atoms with Gasteiger partial charge in [0.2, 0.25) is 0 Å². The van der Waals surface area contributed by atoms with Gasteiger partial charge in [-0.05, 0) is 80.7 Å². The summed E-state index contributed by atoms with van der Waals surface area (Å²) < 4.78 is 3.94. The molecule has 1 fully saturated rings. The maximum Gasteiger partial charge on any atom is 0.269 e. The molecule has 12 heteroatoms. The van der Waals surface area contributed by atoms with Crippen LogP contribution in [0.1, 0.15) is 34.7 Å². The van der Waals surface area contributed by atoms with Gasteiger partial charge in [0, 0.05) is 50.8 Å². The van der Waals surface area contributed by atoms with Crippen LogP contribution in [0.5, 0.6) is 0 Å². The van der Waals surface area contributed by atoms with Crippen LogP contribution in [0.25, 0.3) is 0 Å². The minimum atomic E-state index is -0.394. The zero-order valence-electron chi connectivity index (χ0n) is 21.6. The summed E-state index contributed by atoms with van der Waals surface area (Å²) in [5.41, 5.74) is 5.12. The van der Waals surface area contributed by atoms with Crippen molar-refractivity contribution in [2.45, 2.75) is 35.7 Å². The second kappa shape index (κ2) is 10.5. The largest absolute Gasteiger partial charge is 0.351 e. The second-order valence-electron chi connectivity index (χ2n) is 9.32. The van der Waals surface area contributed by atoms with E-state index in [0.29, 0.717) is 5.11 Å². The van der Waals surface area contributed by atoms with Gasteiger partial charge >= 0.3 is 0 Å². The fourth-order valence-corrected chi connectivity index (χ4v) is 6.29. The Hall–Kier alpha value is -4.55. The number of nitrogens with one attached hydrogen (secondary N) is 1. The zero-order chi connectivity index (χ0) is 27.8. The molecule has 0 bridgehead atoms. The number of pyridine rings is 1. The molecule has 10 nitrogen and oxygen atoms in total. The van der Waals surface area contributed by atoms with Crippen LogP contribution in [0.4, 0.5) is 11.4 Å². The number of hydrogen-bond acceptors (Lipinski definition) is 7. The first-order valence-corrected chi connectivity index (χ1v) is 13.7. The number of benzene rings is 2. The first-order valence-electron chi connectivity index (χ1n) is 12.5. The average Bonchev–Trinajstić information content (AvgIpc) is 3.67. The fraction of sp³-hybridized carbons (Fsp3) is 0.143. The number of nitrogens with zero attached hydrogens (tertiary/aromatic N) is 7. The molecule has 6 rings (SSSR count). The van der Waals surface area contributed by atoms with E-state index in [9.17, 15) is 10.1 Å². The van der Waals surface area contributed by atoms with E-state index in [2.05, 4.69) is 62.1 Å². The van der Waals surface area contributed by atoms with Crippen LogP contribution in [0.2, 0.25) is 0 Å². The quantitative estimate of drug-likeness (QED) is 0.152. The molecule has 40 heavy (non-hydrogen) atoms. The van der Waals surface area contributed by atoms with E-state index in [1.54, 1.807) is 42.7 Å². The summed E-state index contributed by atoms with van der Waals surface area (Å²) in [4.78, 5) is 19.3. The van der Waals surface area contributed by atoms with Gasteiger partial charge in [-0.2, -0.15) is 0 Å². The number of aryl methyl sites for hydroxylation is 1. The van der Waals surface area contributed by atoms with Gasteiger partial charge in [-0.25, -0.2) is 4.68 Å². The van der Waals surface area contributed by atoms with Crippen molar-refractivity contribution < 1.29 is 4.92 Å². The normalized spacial score (nSPS) is 16.8. The molecule has 200 valence electrons. The molecule has 1 aliphatic rings. The molecule has 0 radical (unpaired) electrons. The standard InChI is InChI=1S/C28H24N8O2S2/c1-18-15-24(19(2)35(18)33-16-30-31-17-33)27-26(25-5-3-4-14-29-25)32-28(39)34(27)20-6-10-22(11-7-20)40-23-12-8-21(9-13-23)36(37)38/h3-17,26-27H,1-2H3,(H,32,39)/t26-,27-/m1/s1. The lowest BCUT2D eigenvalue weighted by Crippen LogP contribution is -2.29. The van der Waals surface area contributed by atoms with Crippen molar-refractivity contribution in [3.63, 3.8) is 0 Å². The van der Waals surface area contributed by atoms with Gasteiger partial charge in [-0.3, -0.25) is 19.8 Å². The van der Waals surface area contributed by atoms with E-state index < -0.39 is 4.92 Å². The predicted octanol–water partition coefficient (Wildman–Crippen LogP) is 5.64. The van der Waals surface area contributed by atoms with Gasteiger partial charge in [-0.15, -0.1) is 10.2 Å². The molecule has 5 aromatic rings. The fourth-order valence-electron chi connectivity index (χ4n) is 5.13. The first kappa shape index (κ1) is 25.7. The number of nitro groups is 1. The molecule has 1 aliphatic heterocycles. The summed E-state index contributed by atoms with van der Waals surface area (Å²) in [6.45, 7) is 4.14. The van der Waals surface area contributed by atoms with Crippen LogP contribution in [0.15, 0.2) is 101 Å². The Labute approximate surface area is 239 Å². The third-order valence-corrected chi connectivity index (χ3v) is 8.22. The maximum atomic E-state index is 11.0. The van der Waals surface area contributed by atoms with E-state index in [4.69, 9.17) is 12.2 Å². The Balaban J connectivity index is 1.36. The number of hydrogen-bond donors (Lipinski definition) is 1. The lowest BCUT2D eigenvalue weighted by molar-refractivity contribution is -0.384. The van der Waals surface area contributed by atoms with Crippen molar-refractivity contribution in [1.29, 1.82) is 0 Å². The molecule has 2 aromatic carbocycles. The van der Waals surface area contributed by atoms with Crippen LogP contribution in [0, 0.1) is 24.0 Å². The SMILES string of the molecule is Cc1cc([C@@H]2[C@@H](c3ccccn3)NC(=S)N2c2ccc(Sc3ccc([N+](=O)[O-])cc3)cc2)c(C)n1-n1cnnc1. The second-order valence-corrected chi connectivity index (χ2v) is 10.9. The highest BCUT2D eigenvalue weighted by atomic mass is 32.2. The summed E-state index contributed by atoms with van der Waals surface area (Å²) in [7, 11) is 0. The van der Waals surface area contributed by atoms with Crippen LogP contribution in [-0.4, -0.2) is 34.6 Å². The topological polar surface area (TPSA) is 107 Å². The van der Waals surface area contributed by atoms with E-state index in [1.807, 2.05) is 35.0 Å². The van der Waals surface area contributed by atoms with E-state index >= 15 is 0 Å². The highest BCUT2D eigenvalue weighted by Crippen LogP contribution is 2.43. The van der Waals surface area contributed by atoms with Crippen LogP contribution in [0.3, 0.4) is 0 Å². The Kier molecular flexibility index (Phi) is 6.78. The molecular formula is C28H24N8O2S2. The van der Waals surface area contributed by atoms with E-state index in [1.165, 1.54) is 12.1 Å². The van der Waals surface area contributed by atoms with Gasteiger partial charge in [0.25, 0.3) is 5.69 Å². The van der Waals surface area contributed by atoms with E-state index in [-0.39, 0.29) is 17.8 Å². The third kappa shape index (κ3) is 4.71. The van der Waals surface area contributed by atoms with Crippen LogP contribution < -0.4 is 10.2 Å². The van der Waals surface area contributed by atoms with Gasteiger partial charge < -0.3 is 10.2 Å². The Morgan fingerprint density at radius 2 is 1.65 bits per heavy atom. The van der Waals surface area contributed by atoms with Gasteiger partial charge in [-0.1, -0.05) is 17.8 Å². The smallest absolute Gasteiger partial charge is 0.269 e. The summed E-state index contributed by atoms with van der Waals surface area (Å²) in [5.74, 6) is 0. The number of non-ortho nitro benzene ring substituents is 1. The van der Waals surface area contributed by atoms with Crippen molar-refractivity contribution in [2.24, 2.45) is 0 Å². The molecule has 1 N–H and O–H groups in total. The van der Waals surface area contributed by atoms with Crippen molar-refractivity contribution >= 4 is 40.5 Å². The average molecular weight is 569 g/mol. The van der Waals surface area contributed by atoms with Gasteiger partial charge in [0.1, 0.15) is 12.7 Å². The molecule has 0 unspecified atom stereocenters. The molecule has 4 heterocycles. The van der Waals surface area contributed by atoms with E-state index in [0.717, 1.165) is 38.1 Å². The van der Waals surface area contributed by atoms with Gasteiger partial charge in [0.05, 0.1) is 22.7 Å². The maximum absolute atomic E-state index is 11.0. The number of nitro benzene ring substituents is 1. The highest BCUT2D eigenvalue weighted by Gasteiger charge is 2.42. The number of aromatic nitrogens is 5. The summed E-state index contributed by atoms with van der Waals surface area (Å²) in [5, 5.41) is 23.1. The van der Waals surface area contributed by atoms with Crippen LogP contribution in [-0.2, 0) is 0 Å². The lowest BCUT2D eigenvalue weighted by Gasteiger charge is -2.28. The summed E-state index contributed by atoms with van der Waals surface area (Å²) >= 11 is 7.45. The third-order valence-electron chi connectivity index (χ3n) is 6.89. The van der Waals surface area contributed by atoms with Crippen molar-refractivity contribution in [2.75, 3.05) is 4.90 Å². The molecule has 0 spiro atoms. The van der Waals surface area contributed by atoms with Crippen molar-refractivity contribution in [3.05, 3.63) is 124 Å².